The largest absolute Gasteiger partial charge is 0.497 e. The number of methoxy groups -OCH3 is 2. The van der Waals surface area contributed by atoms with Crippen LogP contribution in [-0.2, 0) is 27.4 Å². The normalized spacial score (nSPS) is 15.5. The summed E-state index contributed by atoms with van der Waals surface area (Å²) >= 11 is 0. The fourth-order valence-corrected chi connectivity index (χ4v) is 3.68. The number of hydrogen-bond acceptors (Lipinski definition) is 8. The molecule has 3 aromatic rings. The molecule has 0 N–H and O–H groups in total. The van der Waals surface area contributed by atoms with Gasteiger partial charge in [0, 0.05) is 24.7 Å². The molecule has 1 unspecified atom stereocenters. The molecule has 1 saturated heterocycles. The Bertz CT molecular complexity index is 1140. The summed E-state index contributed by atoms with van der Waals surface area (Å²) in [6, 6.07) is 13.0. The molecule has 0 aliphatic carbocycles. The predicted molar refractivity (Wildman–Crippen MR) is 119 cm³/mol. The van der Waals surface area contributed by atoms with E-state index in [1.807, 2.05) is 24.3 Å². The molecule has 9 heteroatoms. The van der Waals surface area contributed by atoms with Crippen molar-refractivity contribution < 1.29 is 28.3 Å². The van der Waals surface area contributed by atoms with Gasteiger partial charge in [0.1, 0.15) is 11.5 Å². The second-order valence-electron chi connectivity index (χ2n) is 7.61. The van der Waals surface area contributed by atoms with Crippen molar-refractivity contribution in [3.8, 4) is 22.9 Å². The lowest BCUT2D eigenvalue weighted by Crippen LogP contribution is -2.26. The molecule has 1 aliphatic heterocycles. The van der Waals surface area contributed by atoms with E-state index in [1.165, 1.54) is 12.7 Å². The Balaban J connectivity index is 1.37. The highest BCUT2D eigenvalue weighted by Gasteiger charge is 2.36. The molecule has 1 amide bonds. The van der Waals surface area contributed by atoms with Gasteiger partial charge < -0.3 is 23.6 Å². The van der Waals surface area contributed by atoms with Crippen molar-refractivity contribution in [3.05, 3.63) is 53.9 Å². The lowest BCUT2D eigenvalue weighted by Gasteiger charge is -2.16. The third-order valence-electron chi connectivity index (χ3n) is 5.57. The number of rotatable bonds is 8. The zero-order valence-corrected chi connectivity index (χ0v) is 18.7. The van der Waals surface area contributed by atoms with E-state index in [0.717, 1.165) is 12.1 Å². The minimum absolute atomic E-state index is 0.104. The highest BCUT2D eigenvalue weighted by Crippen LogP contribution is 2.32. The monoisotopic (exact) mass is 451 g/mol. The number of benzene rings is 2. The Morgan fingerprint density at radius 2 is 1.94 bits per heavy atom. The minimum Gasteiger partial charge on any atom is -0.497 e. The number of aromatic nitrogens is 2. The number of carbonyl (C=O) groups excluding carboxylic acids is 2. The molecule has 1 aliphatic rings. The molecular weight excluding hydrogens is 426 g/mol. The zero-order chi connectivity index (χ0) is 23.4. The van der Waals surface area contributed by atoms with Crippen molar-refractivity contribution in [2.75, 3.05) is 25.7 Å². The SMILES string of the molecule is CCc1ccc(N2CC(C(=O)OCc3nc(-c4ccc(OC)cc4OC)no3)CC2=O)cc1. The topological polar surface area (TPSA) is 104 Å². The van der Waals surface area contributed by atoms with Crippen LogP contribution in [0.5, 0.6) is 11.5 Å². The molecular formula is C24H25N3O6. The van der Waals surface area contributed by atoms with Gasteiger partial charge in [-0.2, -0.15) is 4.98 Å². The number of anilines is 1. The first-order valence-corrected chi connectivity index (χ1v) is 10.6. The van der Waals surface area contributed by atoms with E-state index in [4.69, 9.17) is 18.7 Å². The quantitative estimate of drug-likeness (QED) is 0.480. The van der Waals surface area contributed by atoms with Crippen molar-refractivity contribution in [3.63, 3.8) is 0 Å². The second kappa shape index (κ2) is 9.72. The molecule has 1 aromatic heterocycles. The third-order valence-corrected chi connectivity index (χ3v) is 5.57. The maximum atomic E-state index is 12.6. The van der Waals surface area contributed by atoms with Crippen molar-refractivity contribution in [2.45, 2.75) is 26.4 Å². The summed E-state index contributed by atoms with van der Waals surface area (Å²) < 4.78 is 21.1. The first-order valence-electron chi connectivity index (χ1n) is 10.6. The smallest absolute Gasteiger partial charge is 0.311 e. The van der Waals surface area contributed by atoms with Crippen LogP contribution >= 0.6 is 0 Å². The molecule has 1 fully saturated rings. The first kappa shape index (κ1) is 22.3. The maximum absolute atomic E-state index is 12.6. The van der Waals surface area contributed by atoms with Crippen LogP contribution in [0.25, 0.3) is 11.4 Å². The maximum Gasteiger partial charge on any atom is 0.311 e. The summed E-state index contributed by atoms with van der Waals surface area (Å²) in [6.07, 6.45) is 1.03. The van der Waals surface area contributed by atoms with E-state index in [0.29, 0.717) is 22.9 Å². The van der Waals surface area contributed by atoms with Crippen LogP contribution in [0, 0.1) is 5.92 Å². The first-order chi connectivity index (χ1) is 16.0. The Labute approximate surface area is 191 Å². The fraction of sp³-hybridized carbons (Fsp3) is 0.333. The third kappa shape index (κ3) is 4.82. The van der Waals surface area contributed by atoms with Crippen molar-refractivity contribution in [1.82, 2.24) is 10.1 Å². The van der Waals surface area contributed by atoms with Crippen LogP contribution in [0.1, 0.15) is 24.8 Å². The lowest BCUT2D eigenvalue weighted by atomic mass is 10.1. The molecule has 4 rings (SSSR count). The van der Waals surface area contributed by atoms with Gasteiger partial charge >= 0.3 is 5.97 Å². The Morgan fingerprint density at radius 1 is 1.15 bits per heavy atom. The van der Waals surface area contributed by atoms with E-state index < -0.39 is 11.9 Å². The standard InChI is InChI=1S/C24H25N3O6/c1-4-15-5-7-17(8-6-15)27-13-16(11-22(27)28)24(29)32-14-21-25-23(26-33-21)19-10-9-18(30-2)12-20(19)31-3/h5-10,12,16H,4,11,13-14H2,1-3H3. The highest BCUT2D eigenvalue weighted by molar-refractivity contribution is 5.99. The lowest BCUT2D eigenvalue weighted by molar-refractivity contribution is -0.150. The molecule has 9 nitrogen and oxygen atoms in total. The van der Waals surface area contributed by atoms with E-state index in [1.54, 1.807) is 30.2 Å². The summed E-state index contributed by atoms with van der Waals surface area (Å²) in [6.45, 7) is 2.17. The molecule has 1 atom stereocenters. The summed E-state index contributed by atoms with van der Waals surface area (Å²) in [4.78, 5) is 30.9. The van der Waals surface area contributed by atoms with Gasteiger partial charge in [-0.15, -0.1) is 0 Å². The summed E-state index contributed by atoms with van der Waals surface area (Å²) in [7, 11) is 3.10. The Morgan fingerprint density at radius 3 is 2.64 bits per heavy atom. The molecule has 0 radical (unpaired) electrons. The van der Waals surface area contributed by atoms with Crippen LogP contribution in [0.15, 0.2) is 47.0 Å². The summed E-state index contributed by atoms with van der Waals surface area (Å²) in [5, 5.41) is 3.94. The van der Waals surface area contributed by atoms with Gasteiger partial charge in [0.15, 0.2) is 6.61 Å². The van der Waals surface area contributed by atoms with Crippen LogP contribution in [0.4, 0.5) is 5.69 Å². The molecule has 0 spiro atoms. The van der Waals surface area contributed by atoms with Gasteiger partial charge in [0.05, 0.1) is 25.7 Å². The van der Waals surface area contributed by atoms with E-state index in [9.17, 15) is 9.59 Å². The second-order valence-corrected chi connectivity index (χ2v) is 7.61. The Hall–Kier alpha value is -3.88. The number of ether oxygens (including phenoxy) is 3. The summed E-state index contributed by atoms with van der Waals surface area (Å²) in [5.41, 5.74) is 2.58. The van der Waals surface area contributed by atoms with Gasteiger partial charge in [-0.05, 0) is 36.2 Å². The van der Waals surface area contributed by atoms with E-state index >= 15 is 0 Å². The Kier molecular flexibility index (Phi) is 6.58. The van der Waals surface area contributed by atoms with Crippen LogP contribution in [0.3, 0.4) is 0 Å². The van der Waals surface area contributed by atoms with Gasteiger partial charge in [-0.1, -0.05) is 24.2 Å². The molecule has 0 bridgehead atoms. The predicted octanol–water partition coefficient (Wildman–Crippen LogP) is 3.41. The number of aryl methyl sites for hydroxylation is 1. The van der Waals surface area contributed by atoms with Crippen molar-refractivity contribution >= 4 is 17.6 Å². The number of hydrogen-bond donors (Lipinski definition) is 0. The molecule has 0 saturated carbocycles. The highest BCUT2D eigenvalue weighted by atomic mass is 16.6. The molecule has 2 aromatic carbocycles. The van der Waals surface area contributed by atoms with Crippen molar-refractivity contribution in [1.29, 1.82) is 0 Å². The van der Waals surface area contributed by atoms with Gasteiger partial charge in [0.25, 0.3) is 5.89 Å². The van der Waals surface area contributed by atoms with Gasteiger partial charge in [-0.3, -0.25) is 9.59 Å². The van der Waals surface area contributed by atoms with Crippen LogP contribution < -0.4 is 14.4 Å². The molecule has 172 valence electrons. The number of esters is 1. The molecule has 2 heterocycles. The van der Waals surface area contributed by atoms with E-state index in [2.05, 4.69) is 17.1 Å². The minimum atomic E-state index is -0.549. The fourth-order valence-electron chi connectivity index (χ4n) is 3.68. The van der Waals surface area contributed by atoms with Gasteiger partial charge in [0.2, 0.25) is 11.7 Å². The number of nitrogens with zero attached hydrogens (tertiary/aromatic N) is 3. The van der Waals surface area contributed by atoms with Crippen molar-refractivity contribution in [2.24, 2.45) is 5.92 Å². The zero-order valence-electron chi connectivity index (χ0n) is 18.7. The van der Waals surface area contributed by atoms with Crippen LogP contribution in [-0.4, -0.2) is 42.8 Å². The van der Waals surface area contributed by atoms with Crippen LogP contribution in [0.2, 0.25) is 0 Å². The van der Waals surface area contributed by atoms with E-state index in [-0.39, 0.29) is 31.4 Å². The number of carbonyl (C=O) groups is 2. The number of amides is 1. The average Bonchev–Trinajstić information content (AvgIpc) is 3.49. The molecule has 33 heavy (non-hydrogen) atoms. The summed E-state index contributed by atoms with van der Waals surface area (Å²) in [5.74, 6) is 0.480. The van der Waals surface area contributed by atoms with Gasteiger partial charge in [-0.25, -0.2) is 0 Å². The average molecular weight is 451 g/mol.